The molecule has 7 nitrogen and oxygen atoms in total. The number of aryl methyl sites for hydroxylation is 1. The summed E-state index contributed by atoms with van der Waals surface area (Å²) in [4.78, 5) is 12.5. The van der Waals surface area contributed by atoms with Gasteiger partial charge >= 0.3 is 10.1 Å². The highest BCUT2D eigenvalue weighted by atomic mass is 35.5. The fraction of sp³-hybridized carbons (Fsp3) is 0.0833. The quantitative estimate of drug-likeness (QED) is 0.289. The lowest BCUT2D eigenvalue weighted by atomic mass is 10.1. The van der Waals surface area contributed by atoms with Crippen LogP contribution in [0, 0.1) is 18.3 Å². The molecule has 0 radical (unpaired) electrons. The van der Waals surface area contributed by atoms with E-state index in [1.807, 2.05) is 13.0 Å². The Bertz CT molecular complexity index is 1340. The summed E-state index contributed by atoms with van der Waals surface area (Å²) in [7, 11) is -2.72. The second-order valence-corrected chi connectivity index (χ2v) is 8.87. The molecule has 3 aromatic rings. The third-order valence-electron chi connectivity index (χ3n) is 4.48. The zero-order valence-corrected chi connectivity index (χ0v) is 19.3. The van der Waals surface area contributed by atoms with Crippen molar-refractivity contribution < 1.29 is 22.1 Å². The molecule has 0 aliphatic heterocycles. The van der Waals surface area contributed by atoms with Crippen LogP contribution in [0.4, 0.5) is 5.69 Å². The number of ether oxygens (including phenoxy) is 1. The summed E-state index contributed by atoms with van der Waals surface area (Å²) >= 11 is 5.83. The predicted octanol–water partition coefficient (Wildman–Crippen LogP) is 4.97. The molecule has 0 saturated heterocycles. The number of nitriles is 1. The standard InChI is InChI=1S/C24H19ClN2O5S/c1-16-3-10-21(11-4-16)33(29,30)32-22-12-5-17(14-23(22)31-2)13-18(15-26)24(28)27-20-8-6-19(25)7-9-20/h3-14H,1-2H3,(H,27,28)/b18-13-. The number of anilines is 1. The summed E-state index contributed by atoms with van der Waals surface area (Å²) in [5, 5.41) is 12.6. The number of nitrogens with one attached hydrogen (secondary N) is 1. The highest BCUT2D eigenvalue weighted by Gasteiger charge is 2.19. The van der Waals surface area contributed by atoms with Crippen LogP contribution in [0.15, 0.2) is 77.2 Å². The third-order valence-corrected chi connectivity index (χ3v) is 5.98. The van der Waals surface area contributed by atoms with Crippen molar-refractivity contribution >= 4 is 39.4 Å². The molecule has 0 fully saturated rings. The lowest BCUT2D eigenvalue weighted by Crippen LogP contribution is -2.13. The van der Waals surface area contributed by atoms with E-state index in [1.165, 1.54) is 43.5 Å². The van der Waals surface area contributed by atoms with E-state index in [4.69, 9.17) is 20.5 Å². The van der Waals surface area contributed by atoms with Gasteiger partial charge in [0.25, 0.3) is 5.91 Å². The highest BCUT2D eigenvalue weighted by molar-refractivity contribution is 7.87. The molecular weight excluding hydrogens is 464 g/mol. The van der Waals surface area contributed by atoms with Gasteiger partial charge in [-0.25, -0.2) is 0 Å². The van der Waals surface area contributed by atoms with Crippen LogP contribution in [-0.2, 0) is 14.9 Å². The topological polar surface area (TPSA) is 105 Å². The number of amides is 1. The van der Waals surface area contributed by atoms with Gasteiger partial charge in [0.05, 0.1) is 7.11 Å². The monoisotopic (exact) mass is 482 g/mol. The van der Waals surface area contributed by atoms with Gasteiger partial charge in [0.2, 0.25) is 0 Å². The van der Waals surface area contributed by atoms with Crippen molar-refractivity contribution in [3.05, 3.63) is 88.5 Å². The van der Waals surface area contributed by atoms with Crippen molar-refractivity contribution in [1.82, 2.24) is 0 Å². The van der Waals surface area contributed by atoms with E-state index in [2.05, 4.69) is 5.32 Å². The van der Waals surface area contributed by atoms with Crippen LogP contribution in [0.2, 0.25) is 5.02 Å². The lowest BCUT2D eigenvalue weighted by Gasteiger charge is -2.12. The Morgan fingerprint density at radius 2 is 1.70 bits per heavy atom. The molecule has 0 bridgehead atoms. The SMILES string of the molecule is COc1cc(/C=C(/C#N)C(=O)Nc2ccc(Cl)cc2)ccc1OS(=O)(=O)c1ccc(C)cc1. The zero-order chi connectivity index (χ0) is 24.0. The first-order chi connectivity index (χ1) is 15.7. The third kappa shape index (κ3) is 6.13. The van der Waals surface area contributed by atoms with Gasteiger partial charge in [-0.15, -0.1) is 0 Å². The van der Waals surface area contributed by atoms with Crippen molar-refractivity contribution in [1.29, 1.82) is 5.26 Å². The summed E-state index contributed by atoms with van der Waals surface area (Å²) in [5.41, 5.74) is 1.67. The van der Waals surface area contributed by atoms with E-state index in [9.17, 15) is 18.5 Å². The van der Waals surface area contributed by atoms with Crippen LogP contribution in [0.3, 0.4) is 0 Å². The molecule has 0 aromatic heterocycles. The molecule has 0 aliphatic rings. The van der Waals surface area contributed by atoms with E-state index >= 15 is 0 Å². The molecule has 0 unspecified atom stereocenters. The maximum absolute atomic E-state index is 12.6. The van der Waals surface area contributed by atoms with Crippen molar-refractivity contribution in [2.45, 2.75) is 11.8 Å². The van der Waals surface area contributed by atoms with Gasteiger partial charge in [-0.2, -0.15) is 13.7 Å². The predicted molar refractivity (Wildman–Crippen MR) is 126 cm³/mol. The average Bonchev–Trinajstić information content (AvgIpc) is 2.79. The minimum absolute atomic E-state index is 0.00441. The Hall–Kier alpha value is -3.80. The molecule has 3 aromatic carbocycles. The van der Waals surface area contributed by atoms with Gasteiger partial charge in [0, 0.05) is 10.7 Å². The lowest BCUT2D eigenvalue weighted by molar-refractivity contribution is -0.112. The van der Waals surface area contributed by atoms with E-state index in [0.717, 1.165) is 5.56 Å². The molecule has 3 rings (SSSR count). The molecule has 33 heavy (non-hydrogen) atoms. The van der Waals surface area contributed by atoms with Crippen LogP contribution in [-0.4, -0.2) is 21.4 Å². The number of nitrogens with zero attached hydrogens (tertiary/aromatic N) is 1. The summed E-state index contributed by atoms with van der Waals surface area (Å²) in [5.74, 6) is -0.518. The maximum atomic E-state index is 12.6. The van der Waals surface area contributed by atoms with Crippen LogP contribution in [0.5, 0.6) is 11.5 Å². The van der Waals surface area contributed by atoms with Crippen LogP contribution >= 0.6 is 11.6 Å². The second-order valence-electron chi connectivity index (χ2n) is 6.89. The van der Waals surface area contributed by atoms with Gasteiger partial charge in [0.15, 0.2) is 11.5 Å². The molecule has 1 amide bonds. The number of rotatable bonds is 7. The van der Waals surface area contributed by atoms with E-state index in [-0.39, 0.29) is 22.0 Å². The molecule has 0 spiro atoms. The number of methoxy groups -OCH3 is 1. The fourth-order valence-electron chi connectivity index (χ4n) is 2.76. The number of halogens is 1. The Morgan fingerprint density at radius 1 is 1.03 bits per heavy atom. The Labute approximate surface area is 197 Å². The molecule has 0 heterocycles. The minimum Gasteiger partial charge on any atom is -0.493 e. The summed E-state index contributed by atoms with van der Waals surface area (Å²) in [6.07, 6.45) is 1.35. The largest absolute Gasteiger partial charge is 0.493 e. The molecule has 0 atom stereocenters. The molecule has 9 heteroatoms. The van der Waals surface area contributed by atoms with Gasteiger partial charge in [-0.3, -0.25) is 4.79 Å². The zero-order valence-electron chi connectivity index (χ0n) is 17.7. The number of benzene rings is 3. The normalized spacial score (nSPS) is 11.4. The first kappa shape index (κ1) is 23.9. The molecule has 168 valence electrons. The minimum atomic E-state index is -4.08. The number of carbonyl (C=O) groups excluding carboxylic acids is 1. The number of hydrogen-bond donors (Lipinski definition) is 1. The van der Waals surface area contributed by atoms with Crippen LogP contribution in [0.1, 0.15) is 11.1 Å². The van der Waals surface area contributed by atoms with Gasteiger partial charge < -0.3 is 14.2 Å². The average molecular weight is 483 g/mol. The first-order valence-electron chi connectivity index (χ1n) is 9.60. The van der Waals surface area contributed by atoms with Crippen LogP contribution < -0.4 is 14.2 Å². The maximum Gasteiger partial charge on any atom is 0.339 e. The van der Waals surface area contributed by atoms with E-state index in [0.29, 0.717) is 16.3 Å². The summed E-state index contributed by atoms with van der Waals surface area (Å²) < 4.78 is 35.7. The number of carbonyl (C=O) groups is 1. The highest BCUT2D eigenvalue weighted by Crippen LogP contribution is 2.31. The van der Waals surface area contributed by atoms with Gasteiger partial charge in [-0.1, -0.05) is 35.4 Å². The van der Waals surface area contributed by atoms with Crippen molar-refractivity contribution in [3.8, 4) is 17.6 Å². The Kier molecular flexibility index (Phi) is 7.38. The van der Waals surface area contributed by atoms with E-state index < -0.39 is 16.0 Å². The Balaban J connectivity index is 1.83. The summed E-state index contributed by atoms with van der Waals surface area (Å²) in [6.45, 7) is 1.84. The second kappa shape index (κ2) is 10.2. The van der Waals surface area contributed by atoms with Crippen molar-refractivity contribution in [2.75, 3.05) is 12.4 Å². The van der Waals surface area contributed by atoms with E-state index in [1.54, 1.807) is 36.4 Å². The van der Waals surface area contributed by atoms with Crippen molar-refractivity contribution in [2.24, 2.45) is 0 Å². The molecule has 0 saturated carbocycles. The summed E-state index contributed by atoms with van der Waals surface area (Å²) in [6, 6.07) is 18.9. The van der Waals surface area contributed by atoms with Gasteiger partial charge in [-0.05, 0) is 67.1 Å². The molecule has 0 aliphatic carbocycles. The smallest absolute Gasteiger partial charge is 0.339 e. The van der Waals surface area contributed by atoms with Crippen molar-refractivity contribution in [3.63, 3.8) is 0 Å². The fourth-order valence-corrected chi connectivity index (χ4v) is 3.83. The Morgan fingerprint density at radius 3 is 2.30 bits per heavy atom. The molecule has 1 N–H and O–H groups in total. The number of hydrogen-bond acceptors (Lipinski definition) is 6. The molecular formula is C24H19ClN2O5S. The first-order valence-corrected chi connectivity index (χ1v) is 11.4. The van der Waals surface area contributed by atoms with Crippen LogP contribution in [0.25, 0.3) is 6.08 Å². The van der Waals surface area contributed by atoms with Gasteiger partial charge in [0.1, 0.15) is 16.5 Å².